The molecule has 2 nitrogen and oxygen atoms in total. The lowest BCUT2D eigenvalue weighted by Gasteiger charge is -1.97. The van der Waals surface area contributed by atoms with Crippen LogP contribution < -0.4 is 9.47 Å². The molecular formula is C15H12O2. The maximum absolute atomic E-state index is 7.34. The molecule has 0 heterocycles. The van der Waals surface area contributed by atoms with Gasteiger partial charge in [0.2, 0.25) is 0 Å². The number of ether oxygens (including phenoxy) is 2. The van der Waals surface area contributed by atoms with Crippen LogP contribution in [0.1, 0.15) is 6.93 Å². The third kappa shape index (κ3) is 3.29. The van der Waals surface area contributed by atoms with Crippen molar-refractivity contribution in [3.63, 3.8) is 0 Å². The van der Waals surface area contributed by atoms with E-state index in [-0.39, 0.29) is 0 Å². The average molecular weight is 225 g/mol. The van der Waals surface area contributed by atoms with E-state index >= 15 is 0 Å². The molecule has 0 unspecified atom stereocenters. The highest BCUT2D eigenvalue weighted by molar-refractivity contribution is 5.38. The summed E-state index contributed by atoms with van der Waals surface area (Å²) in [6, 6.07) is 14.6. The van der Waals surface area contributed by atoms with Gasteiger partial charge in [0.1, 0.15) is 17.6 Å². The number of rotatable bonds is 2. The quantitative estimate of drug-likeness (QED) is 0.731. The zero-order valence-electron chi connectivity index (χ0n) is 10.4. The van der Waals surface area contributed by atoms with E-state index in [2.05, 4.69) is 12.0 Å². The van der Waals surface area contributed by atoms with Gasteiger partial charge in [-0.05, 0) is 42.3 Å². The summed E-state index contributed by atoms with van der Waals surface area (Å²) in [5.41, 5.74) is 0.855. The Balaban J connectivity index is 2.01. The molecule has 2 rings (SSSR count). The van der Waals surface area contributed by atoms with Crippen LogP contribution in [0.15, 0.2) is 54.6 Å². The van der Waals surface area contributed by atoms with E-state index in [1.54, 1.807) is 31.4 Å². The van der Waals surface area contributed by atoms with Crippen LogP contribution in [-0.4, -0.2) is 7.11 Å². The monoisotopic (exact) mass is 225 g/mol. The van der Waals surface area contributed by atoms with E-state index in [0.29, 0.717) is 11.8 Å². The lowest BCUT2D eigenvalue weighted by Crippen LogP contribution is -1.84. The molecule has 2 heteroatoms. The molecule has 0 aliphatic carbocycles. The molecular weight excluding hydrogens is 212 g/mol. The van der Waals surface area contributed by atoms with Gasteiger partial charge < -0.3 is 9.47 Å². The van der Waals surface area contributed by atoms with Gasteiger partial charge in [0.15, 0.2) is 0 Å². The highest BCUT2D eigenvalue weighted by Gasteiger charge is 1.90. The Kier molecular flexibility index (Phi) is 3.24. The fourth-order valence-electron chi connectivity index (χ4n) is 1.26. The van der Waals surface area contributed by atoms with Gasteiger partial charge in [-0.15, -0.1) is 0 Å². The molecule has 2 aromatic rings. The van der Waals surface area contributed by atoms with Crippen molar-refractivity contribution in [1.29, 1.82) is 0 Å². The van der Waals surface area contributed by atoms with E-state index in [1.807, 2.05) is 24.3 Å². The molecule has 0 saturated carbocycles. The average Bonchev–Trinajstić information content (AvgIpc) is 2.42. The molecule has 0 aliphatic heterocycles. The molecule has 2 aromatic carbocycles. The second-order valence-corrected chi connectivity index (χ2v) is 3.29. The van der Waals surface area contributed by atoms with Crippen molar-refractivity contribution in [1.82, 2.24) is 0 Å². The standard InChI is InChI=1S/C15H12O2/c1-16-14-9-7-13(8-10-14)11-12-17-15-5-3-2-4-6-15/h2-10H,1H3/i2D. The van der Waals surface area contributed by atoms with Gasteiger partial charge in [-0.3, -0.25) is 0 Å². The minimum Gasteiger partial charge on any atom is -0.497 e. The Morgan fingerprint density at radius 1 is 1.00 bits per heavy atom. The predicted octanol–water partition coefficient (Wildman–Crippen LogP) is 3.08. The maximum atomic E-state index is 7.34. The molecule has 0 N–H and O–H groups in total. The van der Waals surface area contributed by atoms with Crippen LogP contribution in [0.3, 0.4) is 0 Å². The Morgan fingerprint density at radius 3 is 2.35 bits per heavy atom. The molecule has 0 spiro atoms. The minimum atomic E-state index is 0.450. The largest absolute Gasteiger partial charge is 0.497 e. The molecule has 17 heavy (non-hydrogen) atoms. The van der Waals surface area contributed by atoms with Crippen molar-refractivity contribution in [2.45, 2.75) is 0 Å². The van der Waals surface area contributed by atoms with Gasteiger partial charge in [0, 0.05) is 5.56 Å². The molecule has 0 aromatic heterocycles. The fraction of sp³-hybridized carbons (Fsp3) is 0.0667. The van der Waals surface area contributed by atoms with Crippen LogP contribution in [0.5, 0.6) is 11.5 Å². The van der Waals surface area contributed by atoms with Gasteiger partial charge in [-0.1, -0.05) is 18.2 Å². The van der Waals surface area contributed by atoms with Crippen molar-refractivity contribution < 1.29 is 10.8 Å². The fourth-order valence-corrected chi connectivity index (χ4v) is 1.26. The van der Waals surface area contributed by atoms with Crippen molar-refractivity contribution in [3.8, 4) is 23.5 Å². The summed E-state index contributed by atoms with van der Waals surface area (Å²) >= 11 is 0. The normalized spacial score (nSPS) is 9.82. The van der Waals surface area contributed by atoms with Crippen LogP contribution in [0.2, 0.25) is 0 Å². The molecule has 0 saturated heterocycles. The zero-order chi connectivity index (χ0) is 12.8. The summed E-state index contributed by atoms with van der Waals surface area (Å²) in [4.78, 5) is 0. The third-order valence-corrected chi connectivity index (χ3v) is 2.14. The Hall–Kier alpha value is -2.40. The second-order valence-electron chi connectivity index (χ2n) is 3.29. The third-order valence-electron chi connectivity index (χ3n) is 2.14. The van der Waals surface area contributed by atoms with Gasteiger partial charge >= 0.3 is 0 Å². The minimum absolute atomic E-state index is 0.450. The van der Waals surface area contributed by atoms with Crippen molar-refractivity contribution >= 4 is 0 Å². The van der Waals surface area contributed by atoms with Crippen molar-refractivity contribution in [3.05, 3.63) is 60.1 Å². The summed E-state index contributed by atoms with van der Waals surface area (Å²) < 4.78 is 17.6. The number of methoxy groups -OCH3 is 1. The number of benzene rings is 2. The van der Waals surface area contributed by atoms with Crippen molar-refractivity contribution in [2.75, 3.05) is 7.11 Å². The topological polar surface area (TPSA) is 18.5 Å². The molecule has 0 aliphatic rings. The van der Waals surface area contributed by atoms with E-state index in [9.17, 15) is 0 Å². The molecule has 0 bridgehead atoms. The summed E-state index contributed by atoms with van der Waals surface area (Å²) in [7, 11) is 1.62. The van der Waals surface area contributed by atoms with E-state index < -0.39 is 0 Å². The first kappa shape index (κ1) is 9.80. The smallest absolute Gasteiger partial charge is 0.140 e. The molecule has 0 amide bonds. The second kappa shape index (κ2) is 5.62. The highest BCUT2D eigenvalue weighted by atomic mass is 16.5. The first-order valence-corrected chi connectivity index (χ1v) is 5.16. The lowest BCUT2D eigenvalue weighted by atomic mass is 10.2. The van der Waals surface area contributed by atoms with E-state index in [4.69, 9.17) is 10.8 Å². The summed E-state index contributed by atoms with van der Waals surface area (Å²) in [5, 5.41) is 0. The Labute approximate surface area is 102 Å². The molecule has 84 valence electrons. The number of hydrogen-bond donors (Lipinski definition) is 0. The number of para-hydroxylation sites is 1. The molecule has 0 fully saturated rings. The molecule has 0 atom stereocenters. The highest BCUT2D eigenvalue weighted by Crippen LogP contribution is 2.10. The lowest BCUT2D eigenvalue weighted by molar-refractivity contribution is 0.415. The first-order valence-electron chi connectivity index (χ1n) is 5.66. The predicted molar refractivity (Wildman–Crippen MR) is 66.9 cm³/mol. The SMILES string of the molecule is [2H]c1ccc(OC#Cc2ccc(OC)cc2)cc1. The number of hydrogen-bond acceptors (Lipinski definition) is 2. The molecule has 0 radical (unpaired) electrons. The van der Waals surface area contributed by atoms with Gasteiger partial charge in [0.05, 0.1) is 8.48 Å². The first-order chi connectivity index (χ1) is 8.78. The zero-order valence-corrected chi connectivity index (χ0v) is 9.44. The van der Waals surface area contributed by atoms with Crippen LogP contribution in [0.4, 0.5) is 0 Å². The Morgan fingerprint density at radius 2 is 1.71 bits per heavy atom. The van der Waals surface area contributed by atoms with Crippen LogP contribution in [-0.2, 0) is 0 Å². The Bertz CT molecular complexity index is 562. The van der Waals surface area contributed by atoms with Gasteiger partial charge in [-0.2, -0.15) is 0 Å². The van der Waals surface area contributed by atoms with Crippen LogP contribution >= 0.6 is 0 Å². The van der Waals surface area contributed by atoms with Crippen molar-refractivity contribution in [2.24, 2.45) is 0 Å². The van der Waals surface area contributed by atoms with Crippen LogP contribution in [0.25, 0.3) is 0 Å². The van der Waals surface area contributed by atoms with E-state index in [1.165, 1.54) is 0 Å². The summed E-state index contributed by atoms with van der Waals surface area (Å²) in [6.45, 7) is 0. The summed E-state index contributed by atoms with van der Waals surface area (Å²) in [6.07, 6.45) is 2.62. The van der Waals surface area contributed by atoms with Crippen LogP contribution in [0, 0.1) is 12.0 Å². The maximum Gasteiger partial charge on any atom is 0.140 e. The van der Waals surface area contributed by atoms with E-state index in [0.717, 1.165) is 11.3 Å². The summed E-state index contributed by atoms with van der Waals surface area (Å²) in [5.74, 6) is 4.31. The van der Waals surface area contributed by atoms with Gasteiger partial charge in [-0.25, -0.2) is 0 Å². The van der Waals surface area contributed by atoms with Gasteiger partial charge in [0.25, 0.3) is 0 Å².